The Labute approximate surface area is 173 Å². The second kappa shape index (κ2) is 7.44. The SMILES string of the molecule is CCc1cc(CC)n(-c2nc3c(c(=O)[nH]c(=O)n3C)n2Cc2cc(C)ccc2C)n1. The maximum absolute atomic E-state index is 12.8. The van der Waals surface area contributed by atoms with Crippen LogP contribution >= 0.6 is 0 Å². The first-order chi connectivity index (χ1) is 14.3. The minimum absolute atomic E-state index is 0.347. The predicted octanol–water partition coefficient (Wildman–Crippen LogP) is 2.40. The fourth-order valence-corrected chi connectivity index (χ4v) is 3.75. The highest BCUT2D eigenvalue weighted by Gasteiger charge is 2.21. The summed E-state index contributed by atoms with van der Waals surface area (Å²) in [5.41, 5.74) is 5.10. The molecule has 0 amide bonds. The summed E-state index contributed by atoms with van der Waals surface area (Å²) in [6.45, 7) is 8.66. The molecule has 0 fully saturated rings. The Morgan fingerprint density at radius 1 is 1.07 bits per heavy atom. The van der Waals surface area contributed by atoms with E-state index in [4.69, 9.17) is 10.1 Å². The summed E-state index contributed by atoms with van der Waals surface area (Å²) in [6.07, 6.45) is 1.57. The van der Waals surface area contributed by atoms with Gasteiger partial charge in [-0.1, -0.05) is 37.6 Å². The van der Waals surface area contributed by atoms with E-state index in [1.165, 1.54) is 4.57 Å². The highest BCUT2D eigenvalue weighted by atomic mass is 16.2. The Kier molecular flexibility index (Phi) is 4.93. The van der Waals surface area contributed by atoms with Gasteiger partial charge >= 0.3 is 5.69 Å². The molecule has 3 heterocycles. The number of benzene rings is 1. The number of aryl methyl sites for hydroxylation is 5. The average molecular weight is 406 g/mol. The van der Waals surface area contributed by atoms with Crippen molar-refractivity contribution in [1.82, 2.24) is 28.9 Å². The third kappa shape index (κ3) is 3.18. The van der Waals surface area contributed by atoms with Crippen molar-refractivity contribution in [2.24, 2.45) is 7.05 Å². The third-order valence-electron chi connectivity index (χ3n) is 5.57. The summed E-state index contributed by atoms with van der Waals surface area (Å²) in [5, 5.41) is 4.72. The van der Waals surface area contributed by atoms with Crippen LogP contribution in [0.5, 0.6) is 0 Å². The van der Waals surface area contributed by atoms with Crippen molar-refractivity contribution in [2.75, 3.05) is 0 Å². The number of nitrogens with zero attached hydrogens (tertiary/aromatic N) is 5. The topological polar surface area (TPSA) is 90.5 Å². The van der Waals surface area contributed by atoms with Crippen LogP contribution in [0.4, 0.5) is 0 Å². The van der Waals surface area contributed by atoms with Gasteiger partial charge in [-0.05, 0) is 43.9 Å². The highest BCUT2D eigenvalue weighted by Crippen LogP contribution is 2.21. The Balaban J connectivity index is 2.06. The summed E-state index contributed by atoms with van der Waals surface area (Å²) in [5.74, 6) is 0.536. The molecule has 4 aromatic rings. The minimum Gasteiger partial charge on any atom is -0.298 e. The second-order valence-electron chi connectivity index (χ2n) is 7.66. The molecule has 3 aromatic heterocycles. The molecule has 4 rings (SSSR count). The standard InChI is InChI=1S/C22H26N6O2/c1-6-16-11-17(7-2)28(25-16)21-23-19-18(20(29)24-22(30)26(19)5)27(21)12-15-10-13(3)8-9-14(15)4/h8-11H,6-7,12H2,1-5H3,(H,24,29,30). The van der Waals surface area contributed by atoms with E-state index in [0.29, 0.717) is 23.7 Å². The van der Waals surface area contributed by atoms with Crippen molar-refractivity contribution in [1.29, 1.82) is 0 Å². The zero-order valence-electron chi connectivity index (χ0n) is 18.0. The molecule has 0 saturated carbocycles. The number of nitrogens with one attached hydrogen (secondary N) is 1. The lowest BCUT2D eigenvalue weighted by Crippen LogP contribution is -2.29. The van der Waals surface area contributed by atoms with Gasteiger partial charge in [-0.3, -0.25) is 18.9 Å². The Bertz CT molecular complexity index is 1370. The molecule has 156 valence electrons. The highest BCUT2D eigenvalue weighted by molar-refractivity contribution is 5.72. The molecular formula is C22H26N6O2. The van der Waals surface area contributed by atoms with E-state index in [1.807, 2.05) is 18.4 Å². The summed E-state index contributed by atoms with van der Waals surface area (Å²) < 4.78 is 5.03. The van der Waals surface area contributed by atoms with Gasteiger partial charge in [-0.25, -0.2) is 9.48 Å². The summed E-state index contributed by atoms with van der Waals surface area (Å²) in [6, 6.07) is 8.32. The first kappa shape index (κ1) is 19.9. The molecule has 30 heavy (non-hydrogen) atoms. The van der Waals surface area contributed by atoms with Gasteiger partial charge in [0.2, 0.25) is 5.95 Å². The van der Waals surface area contributed by atoms with Crippen LogP contribution in [0.25, 0.3) is 17.1 Å². The molecule has 0 saturated heterocycles. The van der Waals surface area contributed by atoms with Crippen LogP contribution in [0.3, 0.4) is 0 Å². The maximum Gasteiger partial charge on any atom is 0.329 e. The second-order valence-corrected chi connectivity index (χ2v) is 7.66. The van der Waals surface area contributed by atoms with E-state index in [2.05, 4.69) is 43.1 Å². The fraction of sp³-hybridized carbons (Fsp3) is 0.364. The fourth-order valence-electron chi connectivity index (χ4n) is 3.75. The number of aromatic nitrogens is 6. The van der Waals surface area contributed by atoms with Gasteiger partial charge in [0.05, 0.1) is 12.2 Å². The van der Waals surface area contributed by atoms with E-state index in [1.54, 1.807) is 11.7 Å². The third-order valence-corrected chi connectivity index (χ3v) is 5.57. The number of hydrogen-bond donors (Lipinski definition) is 1. The number of fused-ring (bicyclic) bond motifs is 1. The molecule has 0 aliphatic carbocycles. The van der Waals surface area contributed by atoms with Crippen molar-refractivity contribution < 1.29 is 0 Å². The molecular weight excluding hydrogens is 380 g/mol. The zero-order chi connectivity index (χ0) is 21.6. The van der Waals surface area contributed by atoms with Crippen molar-refractivity contribution in [3.63, 3.8) is 0 Å². The van der Waals surface area contributed by atoms with E-state index in [0.717, 1.165) is 40.9 Å². The summed E-state index contributed by atoms with van der Waals surface area (Å²) in [4.78, 5) is 32.1. The molecule has 1 aromatic carbocycles. The summed E-state index contributed by atoms with van der Waals surface area (Å²) >= 11 is 0. The van der Waals surface area contributed by atoms with Gasteiger partial charge in [0.1, 0.15) is 0 Å². The van der Waals surface area contributed by atoms with Gasteiger partial charge in [0, 0.05) is 12.7 Å². The van der Waals surface area contributed by atoms with Gasteiger partial charge in [-0.15, -0.1) is 0 Å². The van der Waals surface area contributed by atoms with E-state index >= 15 is 0 Å². The number of rotatable bonds is 5. The maximum atomic E-state index is 12.8. The Morgan fingerprint density at radius 3 is 2.53 bits per heavy atom. The van der Waals surface area contributed by atoms with Crippen molar-refractivity contribution in [3.8, 4) is 5.95 Å². The van der Waals surface area contributed by atoms with Crippen LogP contribution in [0.15, 0.2) is 33.9 Å². The number of hydrogen-bond acceptors (Lipinski definition) is 4. The van der Waals surface area contributed by atoms with Gasteiger partial charge in [-0.2, -0.15) is 10.1 Å². The molecule has 1 N–H and O–H groups in total. The minimum atomic E-state index is -0.485. The van der Waals surface area contributed by atoms with Crippen molar-refractivity contribution >= 4 is 11.2 Å². The van der Waals surface area contributed by atoms with E-state index < -0.39 is 11.2 Å². The lowest BCUT2D eigenvalue weighted by molar-refractivity contribution is 0.685. The molecule has 0 aliphatic heterocycles. The monoisotopic (exact) mass is 406 g/mol. The molecule has 0 atom stereocenters. The van der Waals surface area contributed by atoms with Gasteiger partial charge in [0.15, 0.2) is 11.2 Å². The van der Waals surface area contributed by atoms with Crippen LogP contribution in [-0.4, -0.2) is 28.9 Å². The van der Waals surface area contributed by atoms with E-state index in [-0.39, 0.29) is 0 Å². The largest absolute Gasteiger partial charge is 0.329 e. The van der Waals surface area contributed by atoms with Crippen LogP contribution in [0, 0.1) is 13.8 Å². The molecule has 0 radical (unpaired) electrons. The lowest BCUT2D eigenvalue weighted by Gasteiger charge is -2.13. The van der Waals surface area contributed by atoms with Gasteiger partial charge < -0.3 is 0 Å². The van der Waals surface area contributed by atoms with E-state index in [9.17, 15) is 9.59 Å². The van der Waals surface area contributed by atoms with Crippen LogP contribution < -0.4 is 11.2 Å². The van der Waals surface area contributed by atoms with Crippen LogP contribution in [0.2, 0.25) is 0 Å². The predicted molar refractivity (Wildman–Crippen MR) is 116 cm³/mol. The molecule has 0 bridgehead atoms. The molecule has 0 unspecified atom stereocenters. The smallest absolute Gasteiger partial charge is 0.298 e. The lowest BCUT2D eigenvalue weighted by atomic mass is 10.1. The molecule has 0 spiro atoms. The number of aromatic amines is 1. The zero-order valence-corrected chi connectivity index (χ0v) is 18.0. The number of imidazole rings is 1. The average Bonchev–Trinajstić information content (AvgIpc) is 3.30. The van der Waals surface area contributed by atoms with Crippen molar-refractivity contribution in [2.45, 2.75) is 47.1 Å². The first-order valence-corrected chi connectivity index (χ1v) is 10.2. The first-order valence-electron chi connectivity index (χ1n) is 10.2. The Hall–Kier alpha value is -3.42. The Morgan fingerprint density at radius 2 is 1.83 bits per heavy atom. The molecule has 8 heteroatoms. The van der Waals surface area contributed by atoms with Crippen LogP contribution in [0.1, 0.15) is 41.9 Å². The summed E-state index contributed by atoms with van der Waals surface area (Å²) in [7, 11) is 1.61. The quantitative estimate of drug-likeness (QED) is 0.551. The number of H-pyrrole nitrogens is 1. The molecule has 0 aliphatic rings. The van der Waals surface area contributed by atoms with Crippen molar-refractivity contribution in [3.05, 3.63) is 73.2 Å². The normalized spacial score (nSPS) is 11.5. The van der Waals surface area contributed by atoms with Crippen LogP contribution in [-0.2, 0) is 26.4 Å². The molecule has 8 nitrogen and oxygen atoms in total. The van der Waals surface area contributed by atoms with Gasteiger partial charge in [0.25, 0.3) is 5.56 Å².